The smallest absolute Gasteiger partial charge is 0.321 e. The number of aromatic nitrogens is 3. The predicted molar refractivity (Wildman–Crippen MR) is 88.1 cm³/mol. The van der Waals surface area contributed by atoms with Gasteiger partial charge in [-0.15, -0.1) is 0 Å². The van der Waals surface area contributed by atoms with Gasteiger partial charge < -0.3 is 19.1 Å². The molecule has 9 nitrogen and oxygen atoms in total. The third kappa shape index (κ3) is 4.36. The summed E-state index contributed by atoms with van der Waals surface area (Å²) >= 11 is 0. The van der Waals surface area contributed by atoms with Crippen molar-refractivity contribution < 1.29 is 18.6 Å². The SMILES string of the molecule is Cc1cc(NC(=O)N[C@@H](c2nc(C(C)C)no2)C2CCOCC2)no1. The summed E-state index contributed by atoms with van der Waals surface area (Å²) in [5.41, 5.74) is 0. The molecule has 2 N–H and O–H groups in total. The fourth-order valence-electron chi connectivity index (χ4n) is 2.76. The van der Waals surface area contributed by atoms with Crippen LogP contribution < -0.4 is 10.6 Å². The lowest BCUT2D eigenvalue weighted by molar-refractivity contribution is 0.0506. The Morgan fingerprint density at radius 1 is 1.24 bits per heavy atom. The van der Waals surface area contributed by atoms with Crippen molar-refractivity contribution in [1.29, 1.82) is 0 Å². The standard InChI is InChI=1S/C16H23N5O4/c1-9(2)14-19-15(25-21-14)13(11-4-6-23-7-5-11)18-16(22)17-12-8-10(3)24-20-12/h8-9,11,13H,4-7H2,1-3H3,(H2,17,18,20,22)/t13-/m1/s1. The van der Waals surface area contributed by atoms with Crippen LogP contribution in [0.15, 0.2) is 15.1 Å². The van der Waals surface area contributed by atoms with E-state index < -0.39 is 6.03 Å². The van der Waals surface area contributed by atoms with Gasteiger partial charge in [-0.1, -0.05) is 24.2 Å². The number of nitrogens with zero attached hydrogens (tertiary/aromatic N) is 3. The minimum absolute atomic E-state index is 0.153. The number of rotatable bonds is 5. The van der Waals surface area contributed by atoms with E-state index in [1.54, 1.807) is 13.0 Å². The molecule has 0 spiro atoms. The molecule has 9 heteroatoms. The van der Waals surface area contributed by atoms with Crippen molar-refractivity contribution in [3.63, 3.8) is 0 Å². The van der Waals surface area contributed by atoms with Gasteiger partial charge in [-0.05, 0) is 25.7 Å². The summed E-state index contributed by atoms with van der Waals surface area (Å²) in [6.07, 6.45) is 1.63. The van der Waals surface area contributed by atoms with Crippen LogP contribution >= 0.6 is 0 Å². The number of anilines is 1. The van der Waals surface area contributed by atoms with Crippen molar-refractivity contribution >= 4 is 11.8 Å². The van der Waals surface area contributed by atoms with Crippen LogP contribution in [0.2, 0.25) is 0 Å². The van der Waals surface area contributed by atoms with Crippen molar-refractivity contribution in [3.05, 3.63) is 23.5 Å². The highest BCUT2D eigenvalue weighted by molar-refractivity contribution is 5.88. The topological polar surface area (TPSA) is 115 Å². The minimum Gasteiger partial charge on any atom is -0.381 e. The summed E-state index contributed by atoms with van der Waals surface area (Å²) in [6.45, 7) is 7.04. The molecule has 25 heavy (non-hydrogen) atoms. The maximum Gasteiger partial charge on any atom is 0.321 e. The molecule has 0 bridgehead atoms. The van der Waals surface area contributed by atoms with E-state index >= 15 is 0 Å². The monoisotopic (exact) mass is 349 g/mol. The molecule has 1 saturated heterocycles. The van der Waals surface area contributed by atoms with E-state index in [1.165, 1.54) is 0 Å². The number of hydrogen-bond donors (Lipinski definition) is 2. The largest absolute Gasteiger partial charge is 0.381 e. The van der Waals surface area contributed by atoms with Crippen LogP contribution in [0, 0.1) is 12.8 Å². The van der Waals surface area contributed by atoms with E-state index in [0.29, 0.717) is 36.5 Å². The molecule has 0 unspecified atom stereocenters. The van der Waals surface area contributed by atoms with Crippen LogP contribution in [0.5, 0.6) is 0 Å². The van der Waals surface area contributed by atoms with Crippen LogP contribution in [-0.4, -0.2) is 34.5 Å². The zero-order valence-corrected chi connectivity index (χ0v) is 14.6. The Labute approximate surface area is 145 Å². The Morgan fingerprint density at radius 3 is 2.60 bits per heavy atom. The van der Waals surface area contributed by atoms with Gasteiger partial charge in [0.15, 0.2) is 11.6 Å². The van der Waals surface area contributed by atoms with Crippen LogP contribution in [-0.2, 0) is 4.74 Å². The Kier molecular flexibility index (Phi) is 5.32. The van der Waals surface area contributed by atoms with E-state index in [9.17, 15) is 4.79 Å². The molecule has 3 heterocycles. The lowest BCUT2D eigenvalue weighted by Crippen LogP contribution is -2.38. The number of ether oxygens (including phenoxy) is 1. The lowest BCUT2D eigenvalue weighted by Gasteiger charge is -2.28. The normalized spacial score (nSPS) is 16.8. The number of carbonyl (C=O) groups excluding carboxylic acids is 1. The molecule has 2 aromatic heterocycles. The third-order valence-electron chi connectivity index (χ3n) is 4.13. The Bertz CT molecular complexity index is 705. The predicted octanol–water partition coefficient (Wildman–Crippen LogP) is 2.78. The Morgan fingerprint density at radius 2 is 2.00 bits per heavy atom. The number of hydrogen-bond acceptors (Lipinski definition) is 7. The van der Waals surface area contributed by atoms with Crippen molar-refractivity contribution in [1.82, 2.24) is 20.6 Å². The molecular weight excluding hydrogens is 326 g/mol. The maximum atomic E-state index is 12.4. The Hall–Kier alpha value is -2.42. The highest BCUT2D eigenvalue weighted by atomic mass is 16.5. The number of amides is 2. The van der Waals surface area contributed by atoms with Gasteiger partial charge in [-0.3, -0.25) is 5.32 Å². The molecule has 0 aliphatic carbocycles. The summed E-state index contributed by atoms with van der Waals surface area (Å²) in [4.78, 5) is 16.8. The quantitative estimate of drug-likeness (QED) is 0.852. The molecule has 136 valence electrons. The molecule has 0 radical (unpaired) electrons. The summed E-state index contributed by atoms with van der Waals surface area (Å²) in [6, 6.07) is 0.873. The van der Waals surface area contributed by atoms with Crippen LogP contribution in [0.3, 0.4) is 0 Å². The van der Waals surface area contributed by atoms with E-state index in [0.717, 1.165) is 12.8 Å². The fraction of sp³-hybridized carbons (Fsp3) is 0.625. The van der Waals surface area contributed by atoms with Crippen molar-refractivity contribution in [2.24, 2.45) is 5.92 Å². The van der Waals surface area contributed by atoms with Crippen LogP contribution in [0.25, 0.3) is 0 Å². The number of aryl methyl sites for hydroxylation is 1. The van der Waals surface area contributed by atoms with Gasteiger partial charge in [0.25, 0.3) is 0 Å². The van der Waals surface area contributed by atoms with Gasteiger partial charge in [-0.25, -0.2) is 4.79 Å². The molecule has 1 atom stereocenters. The molecule has 1 aliphatic rings. The number of urea groups is 1. The van der Waals surface area contributed by atoms with Gasteiger partial charge in [0.1, 0.15) is 11.8 Å². The van der Waals surface area contributed by atoms with Crippen molar-refractivity contribution in [2.45, 2.75) is 45.6 Å². The van der Waals surface area contributed by atoms with Crippen LogP contribution in [0.1, 0.15) is 56.1 Å². The second-order valence-electron chi connectivity index (χ2n) is 6.49. The van der Waals surface area contributed by atoms with Crippen molar-refractivity contribution in [2.75, 3.05) is 18.5 Å². The molecule has 0 saturated carbocycles. The first-order chi connectivity index (χ1) is 12.0. The highest BCUT2D eigenvalue weighted by Gasteiger charge is 2.31. The first-order valence-corrected chi connectivity index (χ1v) is 8.45. The summed E-state index contributed by atoms with van der Waals surface area (Å²) in [7, 11) is 0. The number of nitrogens with one attached hydrogen (secondary N) is 2. The molecular formula is C16H23N5O4. The first-order valence-electron chi connectivity index (χ1n) is 8.45. The van der Waals surface area contributed by atoms with E-state index in [4.69, 9.17) is 13.8 Å². The third-order valence-corrected chi connectivity index (χ3v) is 4.13. The van der Waals surface area contributed by atoms with E-state index in [-0.39, 0.29) is 17.9 Å². The second-order valence-corrected chi connectivity index (χ2v) is 6.49. The van der Waals surface area contributed by atoms with Gasteiger partial charge in [0.2, 0.25) is 5.89 Å². The van der Waals surface area contributed by atoms with Gasteiger partial charge >= 0.3 is 6.03 Å². The van der Waals surface area contributed by atoms with Gasteiger partial charge in [0.05, 0.1) is 0 Å². The maximum absolute atomic E-state index is 12.4. The minimum atomic E-state index is -0.394. The molecule has 2 amide bonds. The summed E-state index contributed by atoms with van der Waals surface area (Å²) in [5, 5.41) is 13.4. The Balaban J connectivity index is 1.74. The summed E-state index contributed by atoms with van der Waals surface area (Å²) < 4.78 is 15.8. The van der Waals surface area contributed by atoms with Crippen molar-refractivity contribution in [3.8, 4) is 0 Å². The zero-order chi connectivity index (χ0) is 17.8. The number of carbonyl (C=O) groups is 1. The molecule has 2 aromatic rings. The molecule has 1 aliphatic heterocycles. The first kappa shape index (κ1) is 17.4. The summed E-state index contributed by atoms with van der Waals surface area (Å²) in [5.74, 6) is 2.34. The fourth-order valence-corrected chi connectivity index (χ4v) is 2.76. The van der Waals surface area contributed by atoms with E-state index in [2.05, 4.69) is 25.9 Å². The molecule has 0 aromatic carbocycles. The van der Waals surface area contributed by atoms with Gasteiger partial charge in [0, 0.05) is 25.2 Å². The average Bonchev–Trinajstić information content (AvgIpc) is 3.23. The highest BCUT2D eigenvalue weighted by Crippen LogP contribution is 2.30. The molecule has 1 fully saturated rings. The lowest BCUT2D eigenvalue weighted by atomic mass is 9.91. The molecule has 3 rings (SSSR count). The average molecular weight is 349 g/mol. The van der Waals surface area contributed by atoms with E-state index in [1.807, 2.05) is 13.8 Å². The zero-order valence-electron chi connectivity index (χ0n) is 14.6. The van der Waals surface area contributed by atoms with Crippen LogP contribution in [0.4, 0.5) is 10.6 Å². The van der Waals surface area contributed by atoms with Gasteiger partial charge in [-0.2, -0.15) is 4.98 Å². The second kappa shape index (κ2) is 7.64.